The molecule has 0 bridgehead atoms. The van der Waals surface area contributed by atoms with Crippen LogP contribution in [-0.2, 0) is 4.74 Å². The van der Waals surface area contributed by atoms with Crippen molar-refractivity contribution < 1.29 is 9.53 Å². The predicted octanol–water partition coefficient (Wildman–Crippen LogP) is 1.89. The molecule has 0 aromatic carbocycles. The van der Waals surface area contributed by atoms with Crippen LogP contribution in [0.4, 0.5) is 10.6 Å². The first-order valence-corrected chi connectivity index (χ1v) is 5.96. The molecule has 0 saturated heterocycles. The zero-order valence-electron chi connectivity index (χ0n) is 11.4. The molecule has 1 aromatic rings. The van der Waals surface area contributed by atoms with Crippen molar-refractivity contribution in [1.82, 2.24) is 10.3 Å². The molecule has 1 aromatic heterocycles. The molecule has 0 saturated carbocycles. The summed E-state index contributed by atoms with van der Waals surface area (Å²) in [6.07, 6.45) is 1.04. The second kappa shape index (κ2) is 6.59. The lowest BCUT2D eigenvalue weighted by Crippen LogP contribution is -2.41. The van der Waals surface area contributed by atoms with E-state index in [9.17, 15) is 4.79 Å². The smallest absolute Gasteiger partial charge is 0.407 e. The molecule has 0 aliphatic heterocycles. The van der Waals surface area contributed by atoms with Gasteiger partial charge in [-0.25, -0.2) is 9.78 Å². The first-order chi connectivity index (χ1) is 8.90. The van der Waals surface area contributed by atoms with Crippen LogP contribution in [0.2, 0.25) is 0 Å². The fourth-order valence-corrected chi connectivity index (χ4v) is 1.23. The maximum atomic E-state index is 11.3. The van der Waals surface area contributed by atoms with Crippen molar-refractivity contribution in [2.24, 2.45) is 0 Å². The topological polar surface area (TPSA) is 87.0 Å². The third-order valence-corrected chi connectivity index (χ3v) is 2.01. The SMILES string of the molecule is CC(C)(C)NC(=O)OCCNc1ccc(C#N)cn1. The average molecular weight is 262 g/mol. The molecule has 0 fully saturated rings. The Morgan fingerprint density at radius 1 is 1.47 bits per heavy atom. The quantitative estimate of drug-likeness (QED) is 0.809. The van der Waals surface area contributed by atoms with Crippen LogP contribution in [0.25, 0.3) is 0 Å². The number of carbonyl (C=O) groups is 1. The van der Waals surface area contributed by atoms with E-state index in [1.165, 1.54) is 6.20 Å². The van der Waals surface area contributed by atoms with Crippen LogP contribution in [-0.4, -0.2) is 29.8 Å². The van der Waals surface area contributed by atoms with Gasteiger partial charge in [0.2, 0.25) is 0 Å². The summed E-state index contributed by atoms with van der Waals surface area (Å²) in [5, 5.41) is 14.3. The molecule has 0 aliphatic rings. The number of nitrogens with zero attached hydrogens (tertiary/aromatic N) is 2. The van der Waals surface area contributed by atoms with Crippen LogP contribution in [0.15, 0.2) is 18.3 Å². The van der Waals surface area contributed by atoms with E-state index in [1.54, 1.807) is 12.1 Å². The molecule has 102 valence electrons. The fourth-order valence-electron chi connectivity index (χ4n) is 1.23. The summed E-state index contributed by atoms with van der Waals surface area (Å²) in [4.78, 5) is 15.4. The molecule has 0 unspecified atom stereocenters. The summed E-state index contributed by atoms with van der Waals surface area (Å²) < 4.78 is 4.99. The van der Waals surface area contributed by atoms with Gasteiger partial charge in [-0.05, 0) is 32.9 Å². The van der Waals surface area contributed by atoms with Gasteiger partial charge in [0.15, 0.2) is 0 Å². The highest BCUT2D eigenvalue weighted by molar-refractivity contribution is 5.68. The molecule has 19 heavy (non-hydrogen) atoms. The lowest BCUT2D eigenvalue weighted by molar-refractivity contribution is 0.142. The molecular weight excluding hydrogens is 244 g/mol. The van der Waals surface area contributed by atoms with Gasteiger partial charge in [0, 0.05) is 11.7 Å². The predicted molar refractivity (Wildman–Crippen MR) is 71.7 cm³/mol. The Morgan fingerprint density at radius 3 is 2.74 bits per heavy atom. The van der Waals surface area contributed by atoms with Gasteiger partial charge in [0.25, 0.3) is 0 Å². The van der Waals surface area contributed by atoms with Crippen molar-refractivity contribution in [3.05, 3.63) is 23.9 Å². The Balaban J connectivity index is 2.24. The minimum absolute atomic E-state index is 0.240. The van der Waals surface area contributed by atoms with Crippen LogP contribution in [0.3, 0.4) is 0 Å². The van der Waals surface area contributed by atoms with E-state index in [2.05, 4.69) is 15.6 Å². The number of ether oxygens (including phenoxy) is 1. The summed E-state index contributed by atoms with van der Waals surface area (Å²) in [6, 6.07) is 5.36. The maximum Gasteiger partial charge on any atom is 0.407 e. The Labute approximate surface area is 112 Å². The third kappa shape index (κ3) is 6.27. The van der Waals surface area contributed by atoms with E-state index in [-0.39, 0.29) is 12.1 Å². The lowest BCUT2D eigenvalue weighted by atomic mass is 10.1. The minimum atomic E-state index is -0.443. The van der Waals surface area contributed by atoms with Gasteiger partial charge in [-0.3, -0.25) is 0 Å². The summed E-state index contributed by atoms with van der Waals surface area (Å²) in [5.41, 5.74) is 0.200. The normalized spacial score (nSPS) is 10.4. The van der Waals surface area contributed by atoms with Crippen molar-refractivity contribution in [2.45, 2.75) is 26.3 Å². The molecular formula is C13H18N4O2. The van der Waals surface area contributed by atoms with Crippen molar-refractivity contribution in [3.63, 3.8) is 0 Å². The zero-order chi connectivity index (χ0) is 14.3. The number of aromatic nitrogens is 1. The number of nitrogens with one attached hydrogen (secondary N) is 2. The Kier molecular flexibility index (Phi) is 5.12. The second-order valence-corrected chi connectivity index (χ2v) is 4.98. The standard InChI is InChI=1S/C13H18N4O2/c1-13(2,3)17-12(18)19-7-6-15-11-5-4-10(8-14)9-16-11/h4-5,9H,6-7H2,1-3H3,(H,15,16)(H,17,18). The maximum absolute atomic E-state index is 11.3. The highest BCUT2D eigenvalue weighted by atomic mass is 16.5. The van der Waals surface area contributed by atoms with Gasteiger partial charge in [-0.15, -0.1) is 0 Å². The molecule has 0 spiro atoms. The van der Waals surface area contributed by atoms with E-state index in [4.69, 9.17) is 10.00 Å². The van der Waals surface area contributed by atoms with Crippen molar-refractivity contribution >= 4 is 11.9 Å². The van der Waals surface area contributed by atoms with Crippen LogP contribution in [0, 0.1) is 11.3 Å². The molecule has 1 rings (SSSR count). The largest absolute Gasteiger partial charge is 0.448 e. The first kappa shape index (κ1) is 14.8. The monoisotopic (exact) mass is 262 g/mol. The molecule has 0 atom stereocenters. The van der Waals surface area contributed by atoms with E-state index >= 15 is 0 Å². The van der Waals surface area contributed by atoms with Crippen molar-refractivity contribution in [3.8, 4) is 6.07 Å². The fraction of sp³-hybridized carbons (Fsp3) is 0.462. The number of alkyl carbamates (subject to hydrolysis) is 1. The lowest BCUT2D eigenvalue weighted by Gasteiger charge is -2.19. The molecule has 6 heteroatoms. The van der Waals surface area contributed by atoms with Gasteiger partial charge < -0.3 is 15.4 Å². The summed E-state index contributed by atoms with van der Waals surface area (Å²) in [7, 11) is 0. The van der Waals surface area contributed by atoms with Crippen LogP contribution in [0.5, 0.6) is 0 Å². The molecule has 6 nitrogen and oxygen atoms in total. The second-order valence-electron chi connectivity index (χ2n) is 4.98. The van der Waals surface area contributed by atoms with Gasteiger partial charge in [0.1, 0.15) is 18.5 Å². The molecule has 0 aliphatic carbocycles. The zero-order valence-corrected chi connectivity index (χ0v) is 11.4. The Morgan fingerprint density at radius 2 is 2.21 bits per heavy atom. The summed E-state index contributed by atoms with van der Waals surface area (Å²) in [5.74, 6) is 0.638. The van der Waals surface area contributed by atoms with Crippen molar-refractivity contribution in [2.75, 3.05) is 18.5 Å². The van der Waals surface area contributed by atoms with Crippen LogP contribution < -0.4 is 10.6 Å². The highest BCUT2D eigenvalue weighted by Crippen LogP contribution is 2.03. The van der Waals surface area contributed by atoms with E-state index < -0.39 is 6.09 Å². The molecule has 0 radical (unpaired) electrons. The Hall–Kier alpha value is -2.29. The summed E-state index contributed by atoms with van der Waals surface area (Å²) in [6.45, 7) is 6.34. The van der Waals surface area contributed by atoms with Gasteiger partial charge >= 0.3 is 6.09 Å². The van der Waals surface area contributed by atoms with Gasteiger partial charge in [-0.1, -0.05) is 0 Å². The van der Waals surface area contributed by atoms with Crippen molar-refractivity contribution in [1.29, 1.82) is 5.26 Å². The number of carbonyl (C=O) groups excluding carboxylic acids is 1. The number of rotatable bonds is 4. The van der Waals surface area contributed by atoms with E-state index in [1.807, 2.05) is 26.8 Å². The highest BCUT2D eigenvalue weighted by Gasteiger charge is 2.13. The average Bonchev–Trinajstić information content (AvgIpc) is 2.33. The number of hydrogen-bond acceptors (Lipinski definition) is 5. The number of pyridine rings is 1. The third-order valence-electron chi connectivity index (χ3n) is 2.01. The molecule has 1 heterocycles. The van der Waals surface area contributed by atoms with Crippen LogP contribution >= 0.6 is 0 Å². The molecule has 2 N–H and O–H groups in total. The van der Waals surface area contributed by atoms with Crippen LogP contribution in [0.1, 0.15) is 26.3 Å². The number of nitriles is 1. The van der Waals surface area contributed by atoms with Gasteiger partial charge in [-0.2, -0.15) is 5.26 Å². The van der Waals surface area contributed by atoms with E-state index in [0.717, 1.165) is 0 Å². The van der Waals surface area contributed by atoms with Gasteiger partial charge in [0.05, 0.1) is 12.1 Å². The van der Waals surface area contributed by atoms with E-state index in [0.29, 0.717) is 17.9 Å². The number of amides is 1. The minimum Gasteiger partial charge on any atom is -0.448 e. The summed E-state index contributed by atoms with van der Waals surface area (Å²) >= 11 is 0. The first-order valence-electron chi connectivity index (χ1n) is 5.96. The number of anilines is 1. The number of hydrogen-bond donors (Lipinski definition) is 2. The molecule has 1 amide bonds. The Bertz CT molecular complexity index is 457.